The molecular weight excluding hydrogens is 590 g/mol. The summed E-state index contributed by atoms with van der Waals surface area (Å²) < 4.78 is 68.7. The normalized spacial score (nSPS) is 12.0. The summed E-state index contributed by atoms with van der Waals surface area (Å²) in [6, 6.07) is 22.3. The van der Waals surface area contributed by atoms with E-state index >= 15 is 0 Å². The van der Waals surface area contributed by atoms with Crippen LogP contribution in [0.25, 0.3) is 22.8 Å². The van der Waals surface area contributed by atoms with Gasteiger partial charge in [0, 0.05) is 16.9 Å². The second kappa shape index (κ2) is 11.0. The van der Waals surface area contributed by atoms with Gasteiger partial charge in [0.1, 0.15) is 20.7 Å². The zero-order valence-electron chi connectivity index (χ0n) is 21.0. The Labute approximate surface area is 237 Å². The van der Waals surface area contributed by atoms with E-state index in [-0.39, 0.29) is 39.2 Å². The maximum Gasteiger partial charge on any atom is 0.340 e. The summed E-state index contributed by atoms with van der Waals surface area (Å²) in [6.07, 6.45) is 0. The van der Waals surface area contributed by atoms with E-state index in [1.807, 2.05) is 0 Å². The third-order valence-corrected chi connectivity index (χ3v) is 7.46. The maximum absolute atomic E-state index is 12.4. The first-order valence-corrected chi connectivity index (χ1v) is 14.5. The maximum atomic E-state index is 12.4. The van der Waals surface area contributed by atoms with Crippen molar-refractivity contribution in [3.05, 3.63) is 107 Å². The first-order valence-electron chi connectivity index (χ1n) is 11.7. The fourth-order valence-corrected chi connectivity index (χ4v) is 4.90. The molecule has 0 saturated carbocycles. The average Bonchev–Trinajstić information content (AvgIpc) is 3.41. The predicted molar refractivity (Wildman–Crippen MR) is 143 cm³/mol. The van der Waals surface area contributed by atoms with Crippen molar-refractivity contribution >= 4 is 37.3 Å². The highest BCUT2D eigenvalue weighted by molar-refractivity contribution is 7.86. The third kappa shape index (κ3) is 6.08. The van der Waals surface area contributed by atoms with Gasteiger partial charge in [0.15, 0.2) is 5.69 Å². The molecule has 17 heteroatoms. The molecule has 0 spiro atoms. The quantitative estimate of drug-likeness (QED) is 0.0887. The number of azo groups is 1. The molecule has 42 heavy (non-hydrogen) atoms. The highest BCUT2D eigenvalue weighted by atomic mass is 32.2. The van der Waals surface area contributed by atoms with Gasteiger partial charge in [-0.15, -0.1) is 0 Å². The Morgan fingerprint density at radius 2 is 1.45 bits per heavy atom. The molecule has 1 heterocycles. The molecule has 0 unspecified atom stereocenters. The Balaban J connectivity index is 1.61. The van der Waals surface area contributed by atoms with Crippen LogP contribution in [0.2, 0.25) is 0 Å². The highest BCUT2D eigenvalue weighted by Crippen LogP contribution is 2.26. The van der Waals surface area contributed by atoms with Crippen LogP contribution in [0.1, 0.15) is 0 Å². The van der Waals surface area contributed by atoms with E-state index in [2.05, 4.69) is 20.4 Å². The predicted octanol–water partition coefficient (Wildman–Crippen LogP) is 3.69. The summed E-state index contributed by atoms with van der Waals surface area (Å²) >= 11 is 0. The fraction of sp³-hybridized carbons (Fsp3) is 0. The number of hydrogen-bond donors (Lipinski definition) is 1. The van der Waals surface area contributed by atoms with Crippen LogP contribution in [0, 0.1) is 10.1 Å². The van der Waals surface area contributed by atoms with Gasteiger partial charge in [-0.1, -0.05) is 18.2 Å². The Bertz CT molecular complexity index is 2050. The zero-order valence-corrected chi connectivity index (χ0v) is 22.6. The van der Waals surface area contributed by atoms with Gasteiger partial charge in [-0.25, -0.2) is 8.42 Å². The Morgan fingerprint density at radius 1 is 0.833 bits per heavy atom. The van der Waals surface area contributed by atoms with Crippen molar-refractivity contribution in [3.63, 3.8) is 0 Å². The lowest BCUT2D eigenvalue weighted by Crippen LogP contribution is -2.44. The lowest BCUT2D eigenvalue weighted by molar-refractivity contribution is -0.736. The van der Waals surface area contributed by atoms with Gasteiger partial charge < -0.3 is 4.55 Å². The van der Waals surface area contributed by atoms with E-state index < -0.39 is 30.1 Å². The highest BCUT2D eigenvalue weighted by Gasteiger charge is 2.27. The number of nitrogens with zero attached hydrogens (tertiary/aromatic N) is 7. The Kier molecular flexibility index (Phi) is 7.40. The van der Waals surface area contributed by atoms with Crippen LogP contribution in [0.3, 0.4) is 0 Å². The summed E-state index contributed by atoms with van der Waals surface area (Å²) in [5.41, 5.74) is 0.633. The first kappa shape index (κ1) is 28.3. The summed E-state index contributed by atoms with van der Waals surface area (Å²) in [5, 5.41) is 27.8. The Morgan fingerprint density at radius 3 is 2.05 bits per heavy atom. The summed E-state index contributed by atoms with van der Waals surface area (Å²) in [5.74, 6) is 0.167. The van der Waals surface area contributed by atoms with Crippen LogP contribution in [-0.4, -0.2) is 45.9 Å². The third-order valence-electron chi connectivity index (χ3n) is 5.73. The van der Waals surface area contributed by atoms with Gasteiger partial charge in [0.25, 0.3) is 15.8 Å². The van der Waals surface area contributed by atoms with Crippen molar-refractivity contribution in [2.75, 3.05) is 0 Å². The van der Waals surface area contributed by atoms with Gasteiger partial charge in [-0.05, 0) is 76.6 Å². The number of hydrogen-bond acceptors (Lipinski definition) is 11. The van der Waals surface area contributed by atoms with Crippen LogP contribution in [0.15, 0.2) is 117 Å². The van der Waals surface area contributed by atoms with Crippen LogP contribution < -0.4 is 4.80 Å². The van der Waals surface area contributed by atoms with Crippen molar-refractivity contribution in [2.45, 2.75) is 9.79 Å². The van der Waals surface area contributed by atoms with Crippen molar-refractivity contribution in [3.8, 4) is 22.8 Å². The number of nitro benzene ring substituents is 1. The molecule has 5 aromatic rings. The molecule has 0 aliphatic heterocycles. The standard InChI is InChI=1S/C25H17N7O8S2/c33-32(34)21-11-9-20(10-12-21)30-28-25(17-4-2-1-3-5-17)29-31(30)23-15-8-19(16-24(23)42(38,39)40)27-26-18-6-13-22(14-7-18)41(35,36)37/h1-16H,(H-,35,36,37,38,39,40). The van der Waals surface area contributed by atoms with Crippen LogP contribution in [0.4, 0.5) is 17.1 Å². The van der Waals surface area contributed by atoms with Crippen molar-refractivity contribution in [1.29, 1.82) is 0 Å². The van der Waals surface area contributed by atoms with E-state index in [1.54, 1.807) is 30.3 Å². The average molecular weight is 608 g/mol. The number of benzene rings is 4. The van der Waals surface area contributed by atoms with Gasteiger partial charge in [0.05, 0.1) is 31.9 Å². The Hall–Kier alpha value is -5.23. The van der Waals surface area contributed by atoms with Crippen molar-refractivity contribution in [1.82, 2.24) is 15.0 Å². The summed E-state index contributed by atoms with van der Waals surface area (Å²) in [4.78, 5) is 11.7. The van der Waals surface area contributed by atoms with Gasteiger partial charge in [-0.3, -0.25) is 14.7 Å². The van der Waals surface area contributed by atoms with Crippen molar-refractivity contribution < 1.29 is 35.7 Å². The molecule has 0 atom stereocenters. The molecule has 15 nitrogen and oxygen atoms in total. The monoisotopic (exact) mass is 607 g/mol. The molecule has 4 aromatic carbocycles. The van der Waals surface area contributed by atoms with E-state index in [4.69, 9.17) is 4.55 Å². The number of nitro groups is 1. The lowest BCUT2D eigenvalue weighted by atomic mass is 10.2. The van der Waals surface area contributed by atoms with Crippen LogP contribution in [-0.2, 0) is 20.2 Å². The lowest BCUT2D eigenvalue weighted by Gasteiger charge is -2.10. The molecule has 1 N–H and O–H groups in total. The van der Waals surface area contributed by atoms with Crippen LogP contribution in [0.5, 0.6) is 0 Å². The SMILES string of the molecule is O=[N+]([O-])c1ccc(-n2nc(-c3ccccc3)n[n+]2-c2ccc(N=Nc3ccc(S(=O)(=O)O)cc3)cc2S(=O)(=O)[O-])cc1. The van der Waals surface area contributed by atoms with Crippen molar-refractivity contribution in [2.24, 2.45) is 10.2 Å². The number of aromatic nitrogens is 4. The van der Waals surface area contributed by atoms with E-state index in [1.165, 1.54) is 53.3 Å². The molecule has 0 saturated heterocycles. The minimum Gasteiger partial charge on any atom is -0.744 e. The van der Waals surface area contributed by atoms with E-state index in [0.29, 0.717) is 5.56 Å². The van der Waals surface area contributed by atoms with Gasteiger partial charge in [0.2, 0.25) is 0 Å². The molecule has 212 valence electrons. The first-order chi connectivity index (χ1) is 19.9. The molecule has 0 amide bonds. The van der Waals surface area contributed by atoms with Crippen LogP contribution >= 0.6 is 0 Å². The topological polar surface area (TPSA) is 214 Å². The zero-order chi connectivity index (χ0) is 30.1. The molecule has 0 aliphatic carbocycles. The molecule has 5 rings (SSSR count). The molecule has 0 aliphatic rings. The fourth-order valence-electron chi connectivity index (χ4n) is 3.75. The van der Waals surface area contributed by atoms with Gasteiger partial charge >= 0.3 is 5.82 Å². The minimum atomic E-state index is -5.12. The molecule has 0 bridgehead atoms. The second-order valence-electron chi connectivity index (χ2n) is 8.52. The smallest absolute Gasteiger partial charge is 0.340 e. The number of rotatable bonds is 8. The second-order valence-corrected chi connectivity index (χ2v) is 11.3. The summed E-state index contributed by atoms with van der Waals surface area (Å²) in [6.45, 7) is 0. The van der Waals surface area contributed by atoms with E-state index in [0.717, 1.165) is 23.0 Å². The summed E-state index contributed by atoms with van der Waals surface area (Å²) in [7, 11) is -9.52. The number of tetrazole rings is 1. The minimum absolute atomic E-state index is 0.0303. The largest absolute Gasteiger partial charge is 0.744 e. The molecule has 0 radical (unpaired) electrons. The molecular formula is C25H17N7O8S2. The molecule has 1 aromatic heterocycles. The van der Waals surface area contributed by atoms with Gasteiger partial charge in [-0.2, -0.15) is 18.6 Å². The molecule has 0 fully saturated rings. The van der Waals surface area contributed by atoms with E-state index in [9.17, 15) is 31.5 Å². The number of non-ortho nitro benzene ring substituents is 1.